The largest absolute Gasteiger partial charge is 0.418 e. The number of hydrogen-bond acceptors (Lipinski definition) is 1. The van der Waals surface area contributed by atoms with E-state index in [-0.39, 0.29) is 5.69 Å². The Balaban J connectivity index is 1.17. The lowest BCUT2D eigenvalue weighted by atomic mass is 9.95. The zero-order chi connectivity index (χ0) is 52.9. The Kier molecular flexibility index (Phi) is 11.5. The number of nitriles is 1. The highest BCUT2D eigenvalue weighted by Gasteiger charge is 2.37. The number of aromatic nitrogens is 2. The first-order valence-corrected chi connectivity index (χ1v) is 25.8. The summed E-state index contributed by atoms with van der Waals surface area (Å²) in [6.45, 7) is 16.8. The van der Waals surface area contributed by atoms with Gasteiger partial charge in [0.2, 0.25) is 0 Å². The highest BCUT2D eigenvalue weighted by atomic mass is 19.4. The predicted molar refractivity (Wildman–Crippen MR) is 310 cm³/mol. The Morgan fingerprint density at radius 2 is 0.724 bits per heavy atom. The molecule has 0 aliphatic heterocycles. The minimum Gasteiger partial charge on any atom is -0.309 e. The molecule has 0 bridgehead atoms. The summed E-state index contributed by atoms with van der Waals surface area (Å²) >= 11 is 0. The Labute approximate surface area is 441 Å². The summed E-state index contributed by atoms with van der Waals surface area (Å²) in [7, 11) is 0. The van der Waals surface area contributed by atoms with Crippen molar-refractivity contribution in [2.75, 3.05) is 0 Å². The summed E-state index contributed by atoms with van der Waals surface area (Å²) in [5.41, 5.74) is 21.7. The van der Waals surface area contributed by atoms with Gasteiger partial charge in [-0.05, 0) is 195 Å². The summed E-state index contributed by atoms with van der Waals surface area (Å²) in [5.74, 6) is 0. The summed E-state index contributed by atoms with van der Waals surface area (Å²) in [5, 5.41) is 14.3. The fraction of sp³-hybridized carbons (Fsp3) is 0.129. The average molecular weight is 994 g/mol. The first-order valence-electron chi connectivity index (χ1n) is 25.8. The van der Waals surface area contributed by atoms with Crippen molar-refractivity contribution < 1.29 is 13.2 Å². The smallest absolute Gasteiger partial charge is 0.309 e. The van der Waals surface area contributed by atoms with Crippen molar-refractivity contribution in [1.29, 1.82) is 5.26 Å². The van der Waals surface area contributed by atoms with E-state index < -0.39 is 11.7 Å². The van der Waals surface area contributed by atoms with Gasteiger partial charge in [-0.1, -0.05) is 131 Å². The van der Waals surface area contributed by atoms with E-state index in [1.165, 1.54) is 34.4 Å². The number of halogens is 3. The number of fused-ring (bicyclic) bond motifs is 6. The van der Waals surface area contributed by atoms with Gasteiger partial charge in [-0.15, -0.1) is 0 Å². The molecule has 6 heteroatoms. The number of aryl methyl sites for hydroxylation is 8. The molecule has 76 heavy (non-hydrogen) atoms. The first kappa shape index (κ1) is 48.0. The summed E-state index contributed by atoms with van der Waals surface area (Å²) in [6, 6.07) is 63.2. The molecule has 0 spiro atoms. The van der Waals surface area contributed by atoms with Crippen LogP contribution in [0.2, 0.25) is 0 Å². The molecule has 0 aliphatic rings. The molecule has 3 nitrogen and oxygen atoms in total. The third-order valence-electron chi connectivity index (χ3n) is 15.5. The van der Waals surface area contributed by atoms with Crippen LogP contribution in [-0.4, -0.2) is 9.13 Å². The number of hydrogen-bond donors (Lipinski definition) is 0. The number of rotatable bonds is 7. The van der Waals surface area contributed by atoms with Gasteiger partial charge in [0.15, 0.2) is 0 Å². The molecule has 0 N–H and O–H groups in total. The predicted octanol–water partition coefficient (Wildman–Crippen LogP) is 19.6. The maximum atomic E-state index is 16.2. The second-order valence-electron chi connectivity index (χ2n) is 20.9. The van der Waals surface area contributed by atoms with Crippen LogP contribution in [0.4, 0.5) is 13.2 Å². The number of alkyl halides is 3. The molecule has 2 heterocycles. The van der Waals surface area contributed by atoms with Crippen molar-refractivity contribution >= 4 is 43.6 Å². The van der Waals surface area contributed by atoms with Gasteiger partial charge in [-0.2, -0.15) is 18.4 Å². The minimum atomic E-state index is -4.76. The van der Waals surface area contributed by atoms with Gasteiger partial charge in [0, 0.05) is 32.7 Å². The summed E-state index contributed by atoms with van der Waals surface area (Å²) < 4.78 is 52.5. The van der Waals surface area contributed by atoms with Crippen LogP contribution in [0.25, 0.3) is 111 Å². The summed E-state index contributed by atoms with van der Waals surface area (Å²) in [6.07, 6.45) is -4.76. The highest BCUT2D eigenvalue weighted by molar-refractivity contribution is 6.14. The van der Waals surface area contributed by atoms with Crippen LogP contribution < -0.4 is 0 Å². The van der Waals surface area contributed by atoms with E-state index in [1.807, 2.05) is 30.3 Å². The molecule has 0 radical (unpaired) electrons. The van der Waals surface area contributed by atoms with Crippen molar-refractivity contribution in [3.8, 4) is 73.1 Å². The maximum Gasteiger partial charge on any atom is 0.418 e. The van der Waals surface area contributed by atoms with Gasteiger partial charge in [-0.3, -0.25) is 0 Å². The van der Waals surface area contributed by atoms with Crippen LogP contribution in [0, 0.1) is 66.7 Å². The van der Waals surface area contributed by atoms with E-state index in [0.717, 1.165) is 99.3 Å². The molecule has 370 valence electrons. The molecular formula is C70H54F3N3. The lowest BCUT2D eigenvalue weighted by Crippen LogP contribution is -2.12. The standard InChI is InChI=1S/C70H54F3N3/c1-40-12-21-53(44(5)30-40)49-17-26-65-59(35-49)60-36-50(54-22-13-41(2)31-45(54)6)18-27-66(60)75(65)64-25-16-48(39-74)34-58(64)57-10-9-11-63(70(71,72)73)69(57)76-67-28-19-51(55-23-14-42(3)32-46(55)7)37-61(67)62-38-52(20-29-68(62)76)56-24-15-43(4)33-47(56)8/h9-38H,1-8H3. The fourth-order valence-corrected chi connectivity index (χ4v) is 12.0. The normalized spacial score (nSPS) is 11.9. The Bertz CT molecular complexity index is 4220. The second kappa shape index (κ2) is 18.2. The molecule has 0 unspecified atom stereocenters. The SMILES string of the molecule is Cc1ccc(-c2ccc3c(c2)c2cc(-c4ccc(C)cc4C)ccc2n3-c2ccc(C#N)cc2-c2cccc(C(F)(F)F)c2-n2c3ccc(-c4ccc(C)cc4C)cc3c3cc(-c4ccc(C)cc4C)ccc32)c(C)c1. The van der Waals surface area contributed by atoms with E-state index in [9.17, 15) is 5.26 Å². The van der Waals surface area contributed by atoms with Crippen LogP contribution in [0.5, 0.6) is 0 Å². The number of benzene rings is 10. The van der Waals surface area contributed by atoms with Gasteiger partial charge in [0.25, 0.3) is 0 Å². The fourth-order valence-electron chi connectivity index (χ4n) is 12.0. The Morgan fingerprint density at radius 3 is 1.07 bits per heavy atom. The second-order valence-corrected chi connectivity index (χ2v) is 20.9. The van der Waals surface area contributed by atoms with E-state index in [4.69, 9.17) is 0 Å². The van der Waals surface area contributed by atoms with Gasteiger partial charge >= 0.3 is 6.18 Å². The molecule has 10 aromatic carbocycles. The van der Waals surface area contributed by atoms with Gasteiger partial charge in [0.1, 0.15) is 0 Å². The van der Waals surface area contributed by atoms with Gasteiger partial charge in [-0.25, -0.2) is 0 Å². The van der Waals surface area contributed by atoms with Crippen molar-refractivity contribution in [2.45, 2.75) is 61.6 Å². The van der Waals surface area contributed by atoms with Crippen molar-refractivity contribution in [2.24, 2.45) is 0 Å². The van der Waals surface area contributed by atoms with Crippen LogP contribution in [0.3, 0.4) is 0 Å². The molecule has 0 aliphatic carbocycles. The maximum absolute atomic E-state index is 16.2. The molecule has 0 fully saturated rings. The quantitative estimate of drug-likeness (QED) is 0.157. The zero-order valence-corrected chi connectivity index (χ0v) is 43.8. The molecule has 0 saturated heterocycles. The molecule has 12 rings (SSSR count). The molecule has 0 atom stereocenters. The van der Waals surface area contributed by atoms with E-state index >= 15 is 13.2 Å². The lowest BCUT2D eigenvalue weighted by molar-refractivity contribution is -0.137. The van der Waals surface area contributed by atoms with E-state index in [2.05, 4.69) is 187 Å². The Hall–Kier alpha value is -8.92. The van der Waals surface area contributed by atoms with E-state index in [0.29, 0.717) is 33.4 Å². The van der Waals surface area contributed by atoms with E-state index in [1.54, 1.807) is 22.8 Å². The van der Waals surface area contributed by atoms with Crippen molar-refractivity contribution in [3.05, 3.63) is 238 Å². The highest BCUT2D eigenvalue weighted by Crippen LogP contribution is 2.48. The molecule has 2 aromatic heterocycles. The minimum absolute atomic E-state index is 0.0140. The van der Waals surface area contributed by atoms with Gasteiger partial charge in [0.05, 0.1) is 50.6 Å². The topological polar surface area (TPSA) is 33.6 Å². The Morgan fingerprint density at radius 1 is 0.355 bits per heavy atom. The van der Waals surface area contributed by atoms with Gasteiger partial charge < -0.3 is 9.13 Å². The van der Waals surface area contributed by atoms with Crippen LogP contribution >= 0.6 is 0 Å². The van der Waals surface area contributed by atoms with Crippen LogP contribution in [0.1, 0.15) is 55.6 Å². The number of para-hydroxylation sites is 1. The lowest BCUT2D eigenvalue weighted by Gasteiger charge is -2.22. The number of nitrogens with zero attached hydrogens (tertiary/aromatic N) is 3. The van der Waals surface area contributed by atoms with Crippen LogP contribution in [-0.2, 0) is 6.18 Å². The molecular weight excluding hydrogens is 940 g/mol. The van der Waals surface area contributed by atoms with Crippen molar-refractivity contribution in [3.63, 3.8) is 0 Å². The zero-order valence-electron chi connectivity index (χ0n) is 43.8. The molecule has 0 amide bonds. The van der Waals surface area contributed by atoms with Crippen LogP contribution in [0.15, 0.2) is 182 Å². The average Bonchev–Trinajstić information content (AvgIpc) is 3.99. The molecule has 0 saturated carbocycles. The van der Waals surface area contributed by atoms with Crippen molar-refractivity contribution in [1.82, 2.24) is 9.13 Å². The molecule has 12 aromatic rings. The third-order valence-corrected chi connectivity index (χ3v) is 15.5. The summed E-state index contributed by atoms with van der Waals surface area (Å²) in [4.78, 5) is 0. The monoisotopic (exact) mass is 993 g/mol. The first-order chi connectivity index (χ1) is 36.5. The third kappa shape index (κ3) is 8.06.